The molecule has 1 saturated heterocycles. The highest BCUT2D eigenvalue weighted by molar-refractivity contribution is 5.84. The highest BCUT2D eigenvalue weighted by atomic mass is 16.6. The summed E-state index contributed by atoms with van der Waals surface area (Å²) in [5, 5.41) is 7.14. The molecule has 0 unspecified atom stereocenters. The van der Waals surface area contributed by atoms with Gasteiger partial charge >= 0.3 is 12.1 Å². The first-order valence-electron chi connectivity index (χ1n) is 14.3. The molecule has 1 fully saturated rings. The van der Waals surface area contributed by atoms with Gasteiger partial charge in [-0.25, -0.2) is 9.59 Å². The number of aryl methyl sites for hydroxylation is 1. The maximum atomic E-state index is 12.5. The summed E-state index contributed by atoms with van der Waals surface area (Å²) in [6.45, 7) is 8.33. The lowest BCUT2D eigenvalue weighted by Crippen LogP contribution is -2.42. The lowest BCUT2D eigenvalue weighted by Gasteiger charge is -2.34. The third-order valence-electron chi connectivity index (χ3n) is 7.17. The molecule has 3 aromatic rings. The molecule has 1 aromatic carbocycles. The number of rotatable bonds is 10. The first-order valence-corrected chi connectivity index (χ1v) is 14.3. The van der Waals surface area contributed by atoms with Crippen LogP contribution >= 0.6 is 0 Å². The molecule has 0 bridgehead atoms. The van der Waals surface area contributed by atoms with Gasteiger partial charge in [0.2, 0.25) is 0 Å². The molecular weight excluding hydrogens is 490 g/mol. The first kappa shape index (κ1) is 28.5. The number of aromatic nitrogens is 2. The Morgan fingerprint density at radius 3 is 2.51 bits per heavy atom. The second kappa shape index (κ2) is 13.5. The van der Waals surface area contributed by atoms with Crippen LogP contribution in [0.1, 0.15) is 76.5 Å². The fourth-order valence-electron chi connectivity index (χ4n) is 5.18. The lowest BCUT2D eigenvalue weighted by atomic mass is 10.0. The number of piperidine rings is 1. The number of pyridine rings is 1. The van der Waals surface area contributed by atoms with Gasteiger partial charge in [0.25, 0.3) is 0 Å². The monoisotopic (exact) mass is 533 g/mol. The van der Waals surface area contributed by atoms with Gasteiger partial charge in [0, 0.05) is 61.7 Å². The first-order chi connectivity index (χ1) is 18.8. The van der Waals surface area contributed by atoms with Gasteiger partial charge in [-0.3, -0.25) is 4.98 Å². The Bertz CT molecular complexity index is 1210. The van der Waals surface area contributed by atoms with Gasteiger partial charge in [-0.05, 0) is 76.1 Å². The molecule has 8 heteroatoms. The summed E-state index contributed by atoms with van der Waals surface area (Å²) in [5.41, 5.74) is 3.20. The lowest BCUT2D eigenvalue weighted by molar-refractivity contribution is 0.0189. The predicted molar refractivity (Wildman–Crippen MR) is 155 cm³/mol. The number of hydrogen-bond acceptors (Lipinski definition) is 4. The maximum Gasteiger partial charge on any atom is 0.410 e. The Hall–Kier alpha value is -3.55. The van der Waals surface area contributed by atoms with E-state index < -0.39 is 5.60 Å². The molecule has 8 nitrogen and oxygen atoms in total. The molecule has 210 valence electrons. The number of nitrogens with zero attached hydrogens (tertiary/aromatic N) is 3. The number of likely N-dealkylation sites (tertiary alicyclic amines) is 1. The van der Waals surface area contributed by atoms with Gasteiger partial charge in [0.1, 0.15) is 5.60 Å². The molecule has 1 aliphatic heterocycles. The molecule has 0 atom stereocenters. The van der Waals surface area contributed by atoms with E-state index in [1.165, 1.54) is 16.5 Å². The summed E-state index contributed by atoms with van der Waals surface area (Å²) in [6, 6.07) is 12.7. The van der Waals surface area contributed by atoms with E-state index in [2.05, 4.69) is 50.6 Å². The second-order valence-electron chi connectivity index (χ2n) is 11.4. The standard InChI is InChI=1S/C31H43N5O3/c1-31(2,3)39-30(38)35-19-15-26(16-20-35)36-23-25(27-13-7-8-14-28(27)36)12-6-4-5-9-18-33-29(37)34-22-24-11-10-17-32-21-24/h7-8,10-11,13-14,17,21,23,26H,4-6,9,12,15-16,18-20,22H2,1-3H3,(H2,33,34,37). The van der Waals surface area contributed by atoms with E-state index >= 15 is 0 Å². The molecular formula is C31H43N5O3. The molecule has 39 heavy (non-hydrogen) atoms. The van der Waals surface area contributed by atoms with Crippen molar-refractivity contribution < 1.29 is 14.3 Å². The number of unbranched alkanes of at least 4 members (excludes halogenated alkanes) is 3. The molecule has 0 aliphatic carbocycles. The number of hydrogen-bond donors (Lipinski definition) is 2. The maximum absolute atomic E-state index is 12.5. The SMILES string of the molecule is CC(C)(C)OC(=O)N1CCC(n2cc(CCCCCCNC(=O)NCc3cccnc3)c3ccccc32)CC1. The Labute approximate surface area is 232 Å². The number of ether oxygens (including phenoxy) is 1. The quantitative estimate of drug-likeness (QED) is 0.303. The van der Waals surface area contributed by atoms with Crippen molar-refractivity contribution in [3.8, 4) is 0 Å². The van der Waals surface area contributed by atoms with Crippen LogP contribution < -0.4 is 10.6 Å². The van der Waals surface area contributed by atoms with E-state index in [0.717, 1.165) is 63.6 Å². The molecule has 1 aliphatic rings. The van der Waals surface area contributed by atoms with E-state index in [1.807, 2.05) is 37.8 Å². The minimum Gasteiger partial charge on any atom is -0.444 e. The van der Waals surface area contributed by atoms with Crippen molar-refractivity contribution in [3.05, 3.63) is 66.1 Å². The minimum atomic E-state index is -0.467. The molecule has 3 amide bonds. The number of para-hydroxylation sites is 1. The van der Waals surface area contributed by atoms with E-state index in [4.69, 9.17) is 4.74 Å². The fraction of sp³-hybridized carbons (Fsp3) is 0.516. The van der Waals surface area contributed by atoms with Gasteiger partial charge in [-0.15, -0.1) is 0 Å². The van der Waals surface area contributed by atoms with Crippen LogP contribution in [0.3, 0.4) is 0 Å². The number of benzene rings is 1. The van der Waals surface area contributed by atoms with Gasteiger partial charge in [-0.2, -0.15) is 0 Å². The predicted octanol–water partition coefficient (Wildman–Crippen LogP) is 6.21. The van der Waals surface area contributed by atoms with Gasteiger partial charge in [-0.1, -0.05) is 37.1 Å². The molecule has 0 spiro atoms. The second-order valence-corrected chi connectivity index (χ2v) is 11.4. The van der Waals surface area contributed by atoms with Crippen molar-refractivity contribution in [3.63, 3.8) is 0 Å². The summed E-state index contributed by atoms with van der Waals surface area (Å²) >= 11 is 0. The van der Waals surface area contributed by atoms with Crippen LogP contribution in [-0.4, -0.2) is 51.8 Å². The molecule has 0 radical (unpaired) electrons. The van der Waals surface area contributed by atoms with Gasteiger partial charge < -0.3 is 24.8 Å². The molecule has 2 N–H and O–H groups in total. The van der Waals surface area contributed by atoms with Crippen LogP contribution in [-0.2, 0) is 17.7 Å². The summed E-state index contributed by atoms with van der Waals surface area (Å²) in [6.07, 6.45) is 12.8. The summed E-state index contributed by atoms with van der Waals surface area (Å²) in [7, 11) is 0. The Kier molecular flexibility index (Phi) is 9.85. The number of nitrogens with one attached hydrogen (secondary N) is 2. The van der Waals surface area contributed by atoms with Crippen LogP contribution in [0, 0.1) is 0 Å². The van der Waals surface area contributed by atoms with E-state index in [-0.39, 0.29) is 12.1 Å². The van der Waals surface area contributed by atoms with Crippen LogP contribution in [0.2, 0.25) is 0 Å². The van der Waals surface area contributed by atoms with E-state index in [0.29, 0.717) is 19.1 Å². The van der Waals surface area contributed by atoms with Crippen LogP contribution in [0.5, 0.6) is 0 Å². The van der Waals surface area contributed by atoms with Crippen LogP contribution in [0.15, 0.2) is 55.0 Å². The third-order valence-corrected chi connectivity index (χ3v) is 7.17. The van der Waals surface area contributed by atoms with Crippen LogP contribution in [0.25, 0.3) is 10.9 Å². The number of carbonyl (C=O) groups excluding carboxylic acids is 2. The van der Waals surface area contributed by atoms with Crippen molar-refractivity contribution in [1.82, 2.24) is 25.1 Å². The summed E-state index contributed by atoms with van der Waals surface area (Å²) in [4.78, 5) is 30.4. The molecule has 0 saturated carbocycles. The number of fused-ring (bicyclic) bond motifs is 1. The zero-order valence-corrected chi connectivity index (χ0v) is 23.6. The van der Waals surface area contributed by atoms with E-state index in [1.54, 1.807) is 12.4 Å². The zero-order valence-electron chi connectivity index (χ0n) is 23.6. The average Bonchev–Trinajstić information content (AvgIpc) is 3.30. The van der Waals surface area contributed by atoms with E-state index in [9.17, 15) is 9.59 Å². The zero-order chi connectivity index (χ0) is 27.7. The molecule has 2 aromatic heterocycles. The third kappa shape index (κ3) is 8.47. The number of carbonyl (C=O) groups is 2. The Balaban J connectivity index is 1.19. The highest BCUT2D eigenvalue weighted by Gasteiger charge is 2.28. The highest BCUT2D eigenvalue weighted by Crippen LogP contribution is 2.31. The van der Waals surface area contributed by atoms with Crippen molar-refractivity contribution >= 4 is 23.0 Å². The largest absolute Gasteiger partial charge is 0.444 e. The topological polar surface area (TPSA) is 88.5 Å². The van der Waals surface area contributed by atoms with Gasteiger partial charge in [0.15, 0.2) is 0 Å². The fourth-order valence-corrected chi connectivity index (χ4v) is 5.18. The summed E-state index contributed by atoms with van der Waals surface area (Å²) in [5.74, 6) is 0. The van der Waals surface area contributed by atoms with Gasteiger partial charge in [0.05, 0.1) is 0 Å². The van der Waals surface area contributed by atoms with Crippen molar-refractivity contribution in [2.75, 3.05) is 19.6 Å². The van der Waals surface area contributed by atoms with Crippen LogP contribution in [0.4, 0.5) is 9.59 Å². The summed E-state index contributed by atoms with van der Waals surface area (Å²) < 4.78 is 8.00. The molecule has 3 heterocycles. The number of amides is 3. The minimum absolute atomic E-state index is 0.136. The Morgan fingerprint density at radius 2 is 1.77 bits per heavy atom. The Morgan fingerprint density at radius 1 is 1.00 bits per heavy atom. The number of urea groups is 1. The van der Waals surface area contributed by atoms with Crippen molar-refractivity contribution in [1.29, 1.82) is 0 Å². The normalized spacial score (nSPS) is 14.4. The van der Waals surface area contributed by atoms with Crippen molar-refractivity contribution in [2.24, 2.45) is 0 Å². The molecule has 4 rings (SSSR count). The average molecular weight is 534 g/mol. The van der Waals surface area contributed by atoms with Crippen molar-refractivity contribution in [2.45, 2.75) is 83.9 Å². The smallest absolute Gasteiger partial charge is 0.410 e.